The van der Waals surface area contributed by atoms with Crippen LogP contribution in [0.4, 0.5) is 4.79 Å². The van der Waals surface area contributed by atoms with E-state index in [1.807, 2.05) is 0 Å². The standard InChI is InChI=1S/C14H23N3O4/c1-8-3-4-10(9(8)2)16-14(21)17-6-5-15-13(20)11(17)7-12(18)19/h8-11H,3-7H2,1-2H3,(H,15,20)(H,16,21)(H,18,19). The lowest BCUT2D eigenvalue weighted by molar-refractivity contribution is -0.142. The molecule has 21 heavy (non-hydrogen) atoms. The van der Waals surface area contributed by atoms with Crippen molar-refractivity contribution in [1.29, 1.82) is 0 Å². The molecular formula is C14H23N3O4. The predicted molar refractivity (Wildman–Crippen MR) is 75.6 cm³/mol. The fourth-order valence-corrected chi connectivity index (χ4v) is 3.14. The van der Waals surface area contributed by atoms with Crippen molar-refractivity contribution >= 4 is 17.9 Å². The highest BCUT2D eigenvalue weighted by Crippen LogP contribution is 2.31. The number of piperazine rings is 1. The van der Waals surface area contributed by atoms with Gasteiger partial charge in [-0.05, 0) is 24.7 Å². The van der Waals surface area contributed by atoms with Crippen LogP contribution in [0.3, 0.4) is 0 Å². The van der Waals surface area contributed by atoms with E-state index < -0.39 is 17.9 Å². The highest BCUT2D eigenvalue weighted by atomic mass is 16.4. The van der Waals surface area contributed by atoms with Gasteiger partial charge in [-0.3, -0.25) is 9.59 Å². The SMILES string of the molecule is CC1CCC(NC(=O)N2CCNC(=O)C2CC(=O)O)C1C. The van der Waals surface area contributed by atoms with Crippen molar-refractivity contribution in [2.75, 3.05) is 13.1 Å². The Bertz CT molecular complexity index is 440. The van der Waals surface area contributed by atoms with E-state index in [1.54, 1.807) is 0 Å². The number of carbonyl (C=O) groups is 3. The van der Waals surface area contributed by atoms with Gasteiger partial charge in [-0.15, -0.1) is 0 Å². The van der Waals surface area contributed by atoms with Gasteiger partial charge in [-0.1, -0.05) is 13.8 Å². The minimum atomic E-state index is -1.09. The van der Waals surface area contributed by atoms with Crippen LogP contribution in [0.15, 0.2) is 0 Å². The molecular weight excluding hydrogens is 274 g/mol. The Kier molecular flexibility index (Phi) is 4.69. The smallest absolute Gasteiger partial charge is 0.318 e. The monoisotopic (exact) mass is 297 g/mol. The second kappa shape index (κ2) is 6.32. The van der Waals surface area contributed by atoms with Gasteiger partial charge in [0.05, 0.1) is 6.42 Å². The Hall–Kier alpha value is -1.79. The molecule has 2 aliphatic rings. The van der Waals surface area contributed by atoms with Crippen LogP contribution in [0.25, 0.3) is 0 Å². The maximum atomic E-state index is 12.4. The molecule has 2 fully saturated rings. The predicted octanol–water partition coefficient (Wildman–Crippen LogP) is 0.406. The normalized spacial score (nSPS) is 32.7. The average Bonchev–Trinajstić information content (AvgIpc) is 2.72. The molecule has 1 saturated carbocycles. The van der Waals surface area contributed by atoms with Crippen molar-refractivity contribution in [2.24, 2.45) is 11.8 Å². The molecule has 0 aromatic heterocycles. The fourth-order valence-electron chi connectivity index (χ4n) is 3.14. The number of nitrogens with one attached hydrogen (secondary N) is 2. The average molecular weight is 297 g/mol. The Morgan fingerprint density at radius 1 is 1.38 bits per heavy atom. The molecule has 1 heterocycles. The molecule has 0 radical (unpaired) electrons. The van der Waals surface area contributed by atoms with E-state index in [0.717, 1.165) is 12.8 Å². The van der Waals surface area contributed by atoms with Crippen LogP contribution in [0.1, 0.15) is 33.1 Å². The minimum absolute atomic E-state index is 0.1000. The zero-order valence-corrected chi connectivity index (χ0v) is 12.5. The lowest BCUT2D eigenvalue weighted by Crippen LogP contribution is -2.61. The van der Waals surface area contributed by atoms with Gasteiger partial charge in [-0.2, -0.15) is 0 Å². The molecule has 3 N–H and O–H groups in total. The van der Waals surface area contributed by atoms with E-state index in [-0.39, 0.29) is 18.5 Å². The van der Waals surface area contributed by atoms with E-state index in [4.69, 9.17) is 5.11 Å². The molecule has 1 aliphatic carbocycles. The molecule has 0 aromatic carbocycles. The molecule has 4 atom stereocenters. The topological polar surface area (TPSA) is 98.7 Å². The molecule has 4 unspecified atom stereocenters. The molecule has 7 heteroatoms. The summed E-state index contributed by atoms with van der Waals surface area (Å²) in [7, 11) is 0. The lowest BCUT2D eigenvalue weighted by atomic mass is 9.98. The Morgan fingerprint density at radius 2 is 2.10 bits per heavy atom. The summed E-state index contributed by atoms with van der Waals surface area (Å²) in [6, 6.07) is -1.16. The first-order valence-electron chi connectivity index (χ1n) is 7.46. The number of urea groups is 1. The number of carbonyl (C=O) groups excluding carboxylic acids is 2. The number of carboxylic acids is 1. The maximum Gasteiger partial charge on any atom is 0.318 e. The molecule has 2 rings (SSSR count). The Labute approximate surface area is 124 Å². The van der Waals surface area contributed by atoms with Gasteiger partial charge in [0.25, 0.3) is 0 Å². The van der Waals surface area contributed by atoms with Crippen molar-refractivity contribution in [1.82, 2.24) is 15.5 Å². The number of hydrogen-bond acceptors (Lipinski definition) is 3. The third-order valence-corrected chi connectivity index (χ3v) is 4.73. The Morgan fingerprint density at radius 3 is 2.67 bits per heavy atom. The number of nitrogens with zero attached hydrogens (tertiary/aromatic N) is 1. The first-order valence-corrected chi connectivity index (χ1v) is 7.46. The second-order valence-corrected chi connectivity index (χ2v) is 6.07. The van der Waals surface area contributed by atoms with Crippen LogP contribution in [-0.2, 0) is 9.59 Å². The van der Waals surface area contributed by atoms with Gasteiger partial charge >= 0.3 is 12.0 Å². The van der Waals surface area contributed by atoms with E-state index in [0.29, 0.717) is 24.9 Å². The van der Waals surface area contributed by atoms with Crippen molar-refractivity contribution in [3.8, 4) is 0 Å². The quantitative estimate of drug-likeness (QED) is 0.702. The van der Waals surface area contributed by atoms with Gasteiger partial charge in [0.1, 0.15) is 6.04 Å². The van der Waals surface area contributed by atoms with Crippen molar-refractivity contribution in [3.05, 3.63) is 0 Å². The first kappa shape index (κ1) is 15.6. The Balaban J connectivity index is 2.01. The molecule has 7 nitrogen and oxygen atoms in total. The highest BCUT2D eigenvalue weighted by Gasteiger charge is 2.37. The van der Waals surface area contributed by atoms with Gasteiger partial charge < -0.3 is 20.6 Å². The molecule has 0 spiro atoms. The van der Waals surface area contributed by atoms with E-state index in [2.05, 4.69) is 24.5 Å². The summed E-state index contributed by atoms with van der Waals surface area (Å²) in [4.78, 5) is 36.4. The molecule has 0 aromatic rings. The minimum Gasteiger partial charge on any atom is -0.481 e. The molecule has 3 amide bonds. The zero-order chi connectivity index (χ0) is 15.6. The summed E-state index contributed by atoms with van der Waals surface area (Å²) < 4.78 is 0. The molecule has 0 bridgehead atoms. The molecule has 1 aliphatic heterocycles. The lowest BCUT2D eigenvalue weighted by Gasteiger charge is -2.35. The fraction of sp³-hybridized carbons (Fsp3) is 0.786. The first-order chi connectivity index (χ1) is 9.90. The summed E-state index contributed by atoms with van der Waals surface area (Å²) in [6.45, 7) is 4.98. The third kappa shape index (κ3) is 3.46. The summed E-state index contributed by atoms with van der Waals surface area (Å²) in [5.74, 6) is -0.524. The van der Waals surface area contributed by atoms with Gasteiger partial charge in [0.15, 0.2) is 0 Å². The van der Waals surface area contributed by atoms with Crippen LogP contribution in [0, 0.1) is 11.8 Å². The zero-order valence-electron chi connectivity index (χ0n) is 12.5. The third-order valence-electron chi connectivity index (χ3n) is 4.73. The van der Waals surface area contributed by atoms with Gasteiger partial charge in [-0.25, -0.2) is 4.79 Å². The number of hydrogen-bond donors (Lipinski definition) is 3. The van der Waals surface area contributed by atoms with Crippen molar-refractivity contribution in [3.63, 3.8) is 0 Å². The van der Waals surface area contributed by atoms with Crippen LogP contribution in [0.2, 0.25) is 0 Å². The number of amides is 3. The second-order valence-electron chi connectivity index (χ2n) is 6.07. The van der Waals surface area contributed by atoms with E-state index in [9.17, 15) is 14.4 Å². The van der Waals surface area contributed by atoms with Crippen LogP contribution >= 0.6 is 0 Å². The number of rotatable bonds is 3. The van der Waals surface area contributed by atoms with Crippen molar-refractivity contribution in [2.45, 2.75) is 45.2 Å². The summed E-state index contributed by atoms with van der Waals surface area (Å²) in [5, 5.41) is 14.5. The van der Waals surface area contributed by atoms with Crippen molar-refractivity contribution < 1.29 is 19.5 Å². The number of aliphatic carboxylic acids is 1. The van der Waals surface area contributed by atoms with E-state index in [1.165, 1.54) is 4.90 Å². The summed E-state index contributed by atoms with van der Waals surface area (Å²) >= 11 is 0. The van der Waals surface area contributed by atoms with Crippen LogP contribution in [0.5, 0.6) is 0 Å². The highest BCUT2D eigenvalue weighted by molar-refractivity contribution is 5.91. The van der Waals surface area contributed by atoms with Crippen LogP contribution in [-0.4, -0.2) is 53.1 Å². The van der Waals surface area contributed by atoms with Gasteiger partial charge in [0.2, 0.25) is 5.91 Å². The number of carboxylic acid groups (broad SMARTS) is 1. The molecule has 1 saturated heterocycles. The van der Waals surface area contributed by atoms with E-state index >= 15 is 0 Å². The maximum absolute atomic E-state index is 12.4. The summed E-state index contributed by atoms with van der Waals surface area (Å²) in [6.07, 6.45) is 1.64. The van der Waals surface area contributed by atoms with Gasteiger partial charge in [0, 0.05) is 19.1 Å². The summed E-state index contributed by atoms with van der Waals surface area (Å²) in [5.41, 5.74) is 0. The largest absolute Gasteiger partial charge is 0.481 e. The van der Waals surface area contributed by atoms with Crippen LogP contribution < -0.4 is 10.6 Å². The molecule has 118 valence electrons.